The predicted molar refractivity (Wildman–Crippen MR) is 103 cm³/mol. The zero-order chi connectivity index (χ0) is 15.9. The Morgan fingerprint density at radius 2 is 1.38 bits per heavy atom. The maximum Gasteiger partial charge on any atom is -0.00990 e. The highest BCUT2D eigenvalue weighted by Gasteiger charge is 2.06. The summed E-state index contributed by atoms with van der Waals surface area (Å²) in [5.41, 5.74) is 2.52. The molecule has 0 aliphatic heterocycles. The molecule has 0 saturated heterocycles. The summed E-state index contributed by atoms with van der Waals surface area (Å²) in [7, 11) is 0. The second kappa shape index (κ2) is 5.21. The summed E-state index contributed by atoms with van der Waals surface area (Å²) in [4.78, 5) is 0. The van der Waals surface area contributed by atoms with E-state index in [-0.39, 0.29) is 0 Å². The third kappa shape index (κ3) is 2.00. The lowest BCUT2D eigenvalue weighted by atomic mass is 9.94. The lowest BCUT2D eigenvalue weighted by Crippen LogP contribution is -1.83. The highest BCUT2D eigenvalue weighted by atomic mass is 14.1. The molecule has 0 fully saturated rings. The summed E-state index contributed by atoms with van der Waals surface area (Å²) in [6.07, 6.45) is 0. The van der Waals surface area contributed by atoms with Crippen molar-refractivity contribution in [1.29, 1.82) is 0 Å². The van der Waals surface area contributed by atoms with Crippen molar-refractivity contribution < 1.29 is 0 Å². The largest absolute Gasteiger partial charge is 0.0616 e. The van der Waals surface area contributed by atoms with E-state index in [9.17, 15) is 0 Å². The molecule has 0 bridgehead atoms. The molecule has 5 aromatic carbocycles. The third-order valence-corrected chi connectivity index (χ3v) is 4.76. The minimum Gasteiger partial charge on any atom is -0.0616 e. The van der Waals surface area contributed by atoms with E-state index < -0.39 is 0 Å². The quantitative estimate of drug-likeness (QED) is 0.305. The van der Waals surface area contributed by atoms with Gasteiger partial charge in [0.15, 0.2) is 0 Å². The zero-order valence-corrected chi connectivity index (χ0v) is 13.2. The van der Waals surface area contributed by atoms with Crippen LogP contribution in [0.2, 0.25) is 0 Å². The maximum absolute atomic E-state index is 3.32. The molecule has 111 valence electrons. The van der Waals surface area contributed by atoms with E-state index in [2.05, 4.69) is 91.0 Å². The van der Waals surface area contributed by atoms with Crippen LogP contribution in [0.25, 0.3) is 43.4 Å². The number of fused-ring (bicyclic) bond motifs is 4. The van der Waals surface area contributed by atoms with Gasteiger partial charge in [-0.2, -0.15) is 0 Å². The molecule has 0 unspecified atom stereocenters. The number of benzene rings is 5. The Bertz CT molecular complexity index is 1190. The Morgan fingerprint density at radius 1 is 0.542 bits per heavy atom. The standard InChI is InChI=1S/C24H15/c1-3-9-21-17(6-1)8-5-11-23(21)20-14-15-24-19(16-20)13-12-18-7-2-4-10-22(18)24/h1-5,7-16H. The minimum absolute atomic E-state index is 1.16. The van der Waals surface area contributed by atoms with E-state index in [1.807, 2.05) is 6.07 Å². The second-order valence-corrected chi connectivity index (χ2v) is 6.16. The van der Waals surface area contributed by atoms with E-state index in [4.69, 9.17) is 0 Å². The molecule has 0 nitrogen and oxygen atoms in total. The van der Waals surface area contributed by atoms with Gasteiger partial charge in [-0.1, -0.05) is 84.9 Å². The molecular weight excluding hydrogens is 288 g/mol. The van der Waals surface area contributed by atoms with Crippen LogP contribution in [0, 0.1) is 6.07 Å². The van der Waals surface area contributed by atoms with Crippen molar-refractivity contribution in [3.63, 3.8) is 0 Å². The van der Waals surface area contributed by atoms with Gasteiger partial charge >= 0.3 is 0 Å². The van der Waals surface area contributed by atoms with Crippen LogP contribution in [0.5, 0.6) is 0 Å². The Hall–Kier alpha value is -3.12. The van der Waals surface area contributed by atoms with Gasteiger partial charge in [0.2, 0.25) is 0 Å². The Morgan fingerprint density at radius 3 is 2.38 bits per heavy atom. The van der Waals surface area contributed by atoms with Crippen LogP contribution in [-0.2, 0) is 0 Å². The van der Waals surface area contributed by atoms with Crippen molar-refractivity contribution in [3.05, 3.63) is 97.1 Å². The van der Waals surface area contributed by atoms with Gasteiger partial charge in [0.1, 0.15) is 0 Å². The number of hydrogen-bond acceptors (Lipinski definition) is 0. The zero-order valence-electron chi connectivity index (χ0n) is 13.2. The monoisotopic (exact) mass is 303 g/mol. The van der Waals surface area contributed by atoms with Crippen molar-refractivity contribution in [2.75, 3.05) is 0 Å². The molecule has 0 heterocycles. The van der Waals surface area contributed by atoms with Crippen molar-refractivity contribution in [3.8, 4) is 11.1 Å². The molecule has 5 rings (SSSR count). The lowest BCUT2D eigenvalue weighted by Gasteiger charge is -2.09. The third-order valence-electron chi connectivity index (χ3n) is 4.76. The molecule has 0 aliphatic rings. The molecule has 0 saturated carbocycles. The van der Waals surface area contributed by atoms with Gasteiger partial charge in [0, 0.05) is 0 Å². The van der Waals surface area contributed by atoms with Gasteiger partial charge in [0.05, 0.1) is 0 Å². The predicted octanol–water partition coefficient (Wildman–Crippen LogP) is 6.61. The van der Waals surface area contributed by atoms with Crippen LogP contribution >= 0.6 is 0 Å². The van der Waals surface area contributed by atoms with E-state index in [0.29, 0.717) is 0 Å². The fourth-order valence-electron chi connectivity index (χ4n) is 3.59. The first-order valence-electron chi connectivity index (χ1n) is 8.21. The summed E-state index contributed by atoms with van der Waals surface area (Å²) in [6.45, 7) is 0. The molecule has 0 spiro atoms. The fraction of sp³-hybridized carbons (Fsp3) is 0. The average Bonchev–Trinajstić information content (AvgIpc) is 2.67. The van der Waals surface area contributed by atoms with Crippen molar-refractivity contribution in [2.24, 2.45) is 0 Å². The van der Waals surface area contributed by atoms with Crippen LogP contribution < -0.4 is 0 Å². The molecule has 0 amide bonds. The Labute approximate surface area is 141 Å². The highest BCUT2D eigenvalue weighted by molar-refractivity contribution is 6.09. The molecule has 1 radical (unpaired) electrons. The highest BCUT2D eigenvalue weighted by Crippen LogP contribution is 2.32. The average molecular weight is 303 g/mol. The summed E-state index contributed by atoms with van der Waals surface area (Å²) in [5.74, 6) is 0. The first kappa shape index (κ1) is 13.3. The molecule has 0 heteroatoms. The summed E-state index contributed by atoms with van der Waals surface area (Å²) >= 11 is 0. The fourth-order valence-corrected chi connectivity index (χ4v) is 3.59. The molecule has 0 N–H and O–H groups in total. The first-order chi connectivity index (χ1) is 11.9. The second-order valence-electron chi connectivity index (χ2n) is 6.16. The smallest absolute Gasteiger partial charge is 0.00990 e. The Balaban J connectivity index is 1.80. The lowest BCUT2D eigenvalue weighted by molar-refractivity contribution is 1.68. The van der Waals surface area contributed by atoms with E-state index in [1.54, 1.807) is 0 Å². The summed E-state index contributed by atoms with van der Waals surface area (Å²) in [5, 5.41) is 7.60. The van der Waals surface area contributed by atoms with Crippen LogP contribution in [-0.4, -0.2) is 0 Å². The molecular formula is C24H15. The topological polar surface area (TPSA) is 0 Å². The van der Waals surface area contributed by atoms with Gasteiger partial charge in [-0.25, -0.2) is 0 Å². The molecule has 0 aromatic heterocycles. The van der Waals surface area contributed by atoms with Crippen molar-refractivity contribution in [2.45, 2.75) is 0 Å². The van der Waals surface area contributed by atoms with E-state index in [0.717, 1.165) is 5.39 Å². The van der Waals surface area contributed by atoms with Crippen LogP contribution in [0.15, 0.2) is 91.0 Å². The molecule has 24 heavy (non-hydrogen) atoms. The van der Waals surface area contributed by atoms with Crippen molar-refractivity contribution in [1.82, 2.24) is 0 Å². The normalized spacial score (nSPS) is 11.3. The first-order valence-corrected chi connectivity index (χ1v) is 8.21. The minimum atomic E-state index is 1.16. The van der Waals surface area contributed by atoms with E-state index >= 15 is 0 Å². The van der Waals surface area contributed by atoms with E-state index in [1.165, 1.54) is 38.1 Å². The van der Waals surface area contributed by atoms with Gasteiger partial charge in [0.25, 0.3) is 0 Å². The summed E-state index contributed by atoms with van der Waals surface area (Å²) in [6, 6.07) is 35.7. The van der Waals surface area contributed by atoms with Crippen LogP contribution in [0.4, 0.5) is 0 Å². The molecule has 0 aliphatic carbocycles. The number of hydrogen-bond donors (Lipinski definition) is 0. The maximum atomic E-state index is 3.32. The van der Waals surface area contributed by atoms with Crippen LogP contribution in [0.1, 0.15) is 0 Å². The van der Waals surface area contributed by atoms with Crippen molar-refractivity contribution >= 4 is 32.3 Å². The SMILES string of the molecule is [c]1cccc2c(-c3ccc4c(ccc5ccccc54)c3)cccc12. The van der Waals surface area contributed by atoms with Gasteiger partial charge in [-0.15, -0.1) is 0 Å². The van der Waals surface area contributed by atoms with Gasteiger partial charge in [-0.3, -0.25) is 0 Å². The summed E-state index contributed by atoms with van der Waals surface area (Å²) < 4.78 is 0. The number of rotatable bonds is 1. The molecule has 0 atom stereocenters. The van der Waals surface area contributed by atoms with Crippen LogP contribution in [0.3, 0.4) is 0 Å². The van der Waals surface area contributed by atoms with Gasteiger partial charge < -0.3 is 0 Å². The van der Waals surface area contributed by atoms with Gasteiger partial charge in [-0.05, 0) is 55.6 Å². The molecule has 5 aromatic rings. The Kier molecular flexibility index (Phi) is 2.89.